The predicted molar refractivity (Wildman–Crippen MR) is 106 cm³/mol. The highest BCUT2D eigenvalue weighted by Crippen LogP contribution is 2.27. The predicted octanol–water partition coefficient (Wildman–Crippen LogP) is 3.57. The summed E-state index contributed by atoms with van der Waals surface area (Å²) in [6.45, 7) is 0. The molecule has 2 aromatic carbocycles. The summed E-state index contributed by atoms with van der Waals surface area (Å²) in [4.78, 5) is 19.2. The third-order valence-corrected chi connectivity index (χ3v) is 4.66. The fourth-order valence-corrected chi connectivity index (χ4v) is 3.31. The lowest BCUT2D eigenvalue weighted by Crippen LogP contribution is -2.14. The van der Waals surface area contributed by atoms with E-state index in [0.29, 0.717) is 38.0 Å². The molecule has 0 saturated heterocycles. The summed E-state index contributed by atoms with van der Waals surface area (Å²) in [7, 11) is 0. The molecule has 134 valence electrons. The van der Waals surface area contributed by atoms with Crippen LogP contribution in [0.25, 0.3) is 27.8 Å². The van der Waals surface area contributed by atoms with Gasteiger partial charge in [-0.1, -0.05) is 12.1 Å². The van der Waals surface area contributed by atoms with Crippen LogP contribution >= 0.6 is 15.9 Å². The van der Waals surface area contributed by atoms with Crippen molar-refractivity contribution >= 4 is 32.8 Å². The van der Waals surface area contributed by atoms with Crippen LogP contribution in [0.3, 0.4) is 0 Å². The minimum atomic E-state index is -0.451. The highest BCUT2D eigenvalue weighted by atomic mass is 79.9. The van der Waals surface area contributed by atoms with Crippen molar-refractivity contribution in [1.29, 1.82) is 5.41 Å². The van der Waals surface area contributed by atoms with Gasteiger partial charge in [-0.25, -0.2) is 14.2 Å². The molecule has 2 heterocycles. The van der Waals surface area contributed by atoms with Crippen LogP contribution in [-0.4, -0.2) is 20.4 Å². The van der Waals surface area contributed by atoms with Gasteiger partial charge in [-0.05, 0) is 57.9 Å². The summed E-state index contributed by atoms with van der Waals surface area (Å²) >= 11 is 3.25. The quantitative estimate of drug-likeness (QED) is 0.265. The Balaban J connectivity index is 1.90. The number of fused-ring (bicyclic) bond motifs is 1. The maximum Gasteiger partial charge on any atom is 0.331 e. The molecule has 0 radical (unpaired) electrons. The van der Waals surface area contributed by atoms with Gasteiger partial charge < -0.3 is 10.7 Å². The lowest BCUT2D eigenvalue weighted by molar-refractivity contribution is 0.624. The molecule has 4 rings (SSSR count). The summed E-state index contributed by atoms with van der Waals surface area (Å²) in [5.41, 5.74) is 8.49. The molecule has 8 heteroatoms. The van der Waals surface area contributed by atoms with Gasteiger partial charge in [0.25, 0.3) is 0 Å². The van der Waals surface area contributed by atoms with Gasteiger partial charge in [0.05, 0.1) is 22.9 Å². The van der Waals surface area contributed by atoms with E-state index in [1.54, 1.807) is 48.5 Å². The third kappa shape index (κ3) is 3.04. The standard InChI is InChI=1S/C19H13BrFN5O/c20-17-8-13(14(21)9-24-17)10-2-1-3-12(6-10)26-16-5-4-11(18(22)23)7-15(16)25-19(26)27/h1-9H,(H3,22,23)(H,25,27). The van der Waals surface area contributed by atoms with Crippen molar-refractivity contribution in [2.75, 3.05) is 0 Å². The molecule has 0 aliphatic heterocycles. The summed E-state index contributed by atoms with van der Waals surface area (Å²) in [5.74, 6) is -0.529. The Morgan fingerprint density at radius 3 is 2.81 bits per heavy atom. The monoisotopic (exact) mass is 425 g/mol. The van der Waals surface area contributed by atoms with E-state index in [4.69, 9.17) is 11.1 Å². The zero-order chi connectivity index (χ0) is 19.1. The second-order valence-electron chi connectivity index (χ2n) is 5.95. The minimum absolute atomic E-state index is 0.0776. The third-order valence-electron chi connectivity index (χ3n) is 4.23. The Morgan fingerprint density at radius 1 is 1.22 bits per heavy atom. The van der Waals surface area contributed by atoms with Crippen LogP contribution in [-0.2, 0) is 0 Å². The number of aromatic amines is 1. The second-order valence-corrected chi connectivity index (χ2v) is 6.76. The van der Waals surface area contributed by atoms with Gasteiger partial charge in [-0.15, -0.1) is 0 Å². The van der Waals surface area contributed by atoms with Gasteiger partial charge in [0.15, 0.2) is 0 Å². The average molecular weight is 426 g/mol. The molecule has 0 bridgehead atoms. The molecule has 6 nitrogen and oxygen atoms in total. The van der Waals surface area contributed by atoms with Gasteiger partial charge in [-0.3, -0.25) is 9.98 Å². The first-order valence-electron chi connectivity index (χ1n) is 7.95. The Kier molecular flexibility index (Phi) is 4.12. The second kappa shape index (κ2) is 6.48. The van der Waals surface area contributed by atoms with Crippen molar-refractivity contribution in [2.45, 2.75) is 0 Å². The first kappa shape index (κ1) is 17.2. The Labute approximate surface area is 161 Å². The number of imidazole rings is 1. The Hall–Kier alpha value is -3.26. The van der Waals surface area contributed by atoms with E-state index in [2.05, 4.69) is 25.9 Å². The van der Waals surface area contributed by atoms with Crippen molar-refractivity contribution in [1.82, 2.24) is 14.5 Å². The maximum absolute atomic E-state index is 14.2. The van der Waals surface area contributed by atoms with Crippen LogP contribution in [0.15, 0.2) is 64.1 Å². The van der Waals surface area contributed by atoms with Crippen LogP contribution in [0.2, 0.25) is 0 Å². The summed E-state index contributed by atoms with van der Waals surface area (Å²) < 4.78 is 16.2. The van der Waals surface area contributed by atoms with E-state index in [9.17, 15) is 9.18 Å². The van der Waals surface area contributed by atoms with E-state index in [1.165, 1.54) is 4.57 Å². The number of benzene rings is 2. The number of rotatable bonds is 3. The van der Waals surface area contributed by atoms with E-state index in [0.717, 1.165) is 6.20 Å². The largest absolute Gasteiger partial charge is 0.384 e. The minimum Gasteiger partial charge on any atom is -0.384 e. The van der Waals surface area contributed by atoms with Crippen molar-refractivity contribution in [3.8, 4) is 16.8 Å². The molecular weight excluding hydrogens is 413 g/mol. The lowest BCUT2D eigenvalue weighted by Gasteiger charge is -2.08. The first-order valence-corrected chi connectivity index (χ1v) is 8.74. The van der Waals surface area contributed by atoms with E-state index in [1.807, 2.05) is 0 Å². The summed E-state index contributed by atoms with van der Waals surface area (Å²) in [6.07, 6.45) is 1.15. The zero-order valence-electron chi connectivity index (χ0n) is 13.8. The van der Waals surface area contributed by atoms with E-state index in [-0.39, 0.29) is 11.5 Å². The maximum atomic E-state index is 14.2. The highest BCUT2D eigenvalue weighted by molar-refractivity contribution is 9.10. The number of hydrogen-bond acceptors (Lipinski definition) is 3. The molecule has 0 saturated carbocycles. The van der Waals surface area contributed by atoms with E-state index < -0.39 is 5.82 Å². The van der Waals surface area contributed by atoms with Crippen molar-refractivity contribution in [2.24, 2.45) is 5.73 Å². The number of nitrogens with two attached hydrogens (primary N) is 1. The molecule has 0 atom stereocenters. The van der Waals surface area contributed by atoms with E-state index >= 15 is 0 Å². The number of aromatic nitrogens is 3. The Morgan fingerprint density at radius 2 is 2.04 bits per heavy atom. The number of amidine groups is 1. The molecule has 0 spiro atoms. The molecule has 4 N–H and O–H groups in total. The van der Waals surface area contributed by atoms with Crippen LogP contribution in [0, 0.1) is 11.2 Å². The van der Waals surface area contributed by atoms with Crippen LogP contribution in [0.4, 0.5) is 4.39 Å². The Bertz CT molecular complexity index is 1260. The molecular formula is C19H13BrFN5O. The topological polar surface area (TPSA) is 101 Å². The number of H-pyrrole nitrogens is 1. The molecule has 0 unspecified atom stereocenters. The number of nitrogens with zero attached hydrogens (tertiary/aromatic N) is 2. The molecule has 0 aliphatic carbocycles. The molecule has 0 aliphatic rings. The van der Waals surface area contributed by atoms with Gasteiger partial charge in [0.2, 0.25) is 0 Å². The van der Waals surface area contributed by atoms with Crippen LogP contribution in [0.5, 0.6) is 0 Å². The van der Waals surface area contributed by atoms with Gasteiger partial charge in [0, 0.05) is 11.1 Å². The molecule has 0 fully saturated rings. The average Bonchev–Trinajstić information content (AvgIpc) is 2.98. The normalized spacial score (nSPS) is 11.0. The van der Waals surface area contributed by atoms with Crippen LogP contribution < -0.4 is 11.4 Å². The molecule has 27 heavy (non-hydrogen) atoms. The number of nitrogens with one attached hydrogen (secondary N) is 2. The zero-order valence-corrected chi connectivity index (χ0v) is 15.4. The van der Waals surface area contributed by atoms with Crippen molar-refractivity contribution in [3.63, 3.8) is 0 Å². The van der Waals surface area contributed by atoms with Crippen LogP contribution in [0.1, 0.15) is 5.56 Å². The fraction of sp³-hybridized carbons (Fsp3) is 0. The van der Waals surface area contributed by atoms with Gasteiger partial charge in [0.1, 0.15) is 16.3 Å². The number of nitrogen functional groups attached to an aromatic ring is 1. The molecule has 2 aromatic heterocycles. The lowest BCUT2D eigenvalue weighted by atomic mass is 10.1. The smallest absolute Gasteiger partial charge is 0.331 e. The van der Waals surface area contributed by atoms with Crippen molar-refractivity contribution in [3.05, 3.63) is 81.2 Å². The number of hydrogen-bond donors (Lipinski definition) is 3. The number of pyridine rings is 1. The number of halogens is 2. The first-order chi connectivity index (χ1) is 12.9. The molecule has 4 aromatic rings. The van der Waals surface area contributed by atoms with Gasteiger partial charge in [-0.2, -0.15) is 0 Å². The fourth-order valence-electron chi connectivity index (χ4n) is 2.98. The molecule has 0 amide bonds. The summed E-state index contributed by atoms with van der Waals surface area (Å²) in [6, 6.07) is 13.7. The highest BCUT2D eigenvalue weighted by Gasteiger charge is 2.12. The summed E-state index contributed by atoms with van der Waals surface area (Å²) in [5, 5.41) is 7.53. The SMILES string of the molecule is N=C(N)c1ccc2c(c1)[nH]c(=O)n2-c1cccc(-c2cc(Br)ncc2F)c1. The van der Waals surface area contributed by atoms with Gasteiger partial charge >= 0.3 is 5.69 Å². The van der Waals surface area contributed by atoms with Crippen molar-refractivity contribution < 1.29 is 4.39 Å².